The lowest BCUT2D eigenvalue weighted by molar-refractivity contribution is -0.119. The monoisotopic (exact) mass is 277 g/mol. The third-order valence-electron chi connectivity index (χ3n) is 4.25. The molecule has 1 saturated carbocycles. The van der Waals surface area contributed by atoms with E-state index in [2.05, 4.69) is 15.7 Å². The van der Waals surface area contributed by atoms with Crippen LogP contribution in [-0.4, -0.2) is 34.2 Å². The summed E-state index contributed by atoms with van der Waals surface area (Å²) in [7, 11) is 0. The van der Waals surface area contributed by atoms with E-state index >= 15 is 0 Å². The first-order valence-corrected chi connectivity index (χ1v) is 6.98. The second-order valence-corrected chi connectivity index (χ2v) is 5.62. The second-order valence-electron chi connectivity index (χ2n) is 5.62. The van der Waals surface area contributed by atoms with E-state index in [4.69, 9.17) is 5.73 Å². The molecule has 20 heavy (non-hydrogen) atoms. The van der Waals surface area contributed by atoms with Crippen molar-refractivity contribution in [3.05, 3.63) is 12.4 Å². The minimum absolute atomic E-state index is 0.0157. The molecule has 1 aliphatic heterocycles. The minimum atomic E-state index is -0.461. The van der Waals surface area contributed by atoms with Crippen LogP contribution in [0.2, 0.25) is 0 Å². The molecule has 3 atom stereocenters. The van der Waals surface area contributed by atoms with Crippen molar-refractivity contribution in [2.75, 3.05) is 11.9 Å². The van der Waals surface area contributed by atoms with Crippen LogP contribution in [0, 0.1) is 11.8 Å². The highest BCUT2D eigenvalue weighted by atomic mass is 16.2. The average Bonchev–Trinajstić information content (AvgIpc) is 3.03. The number of nitrogens with one attached hydrogen (secondary N) is 2. The summed E-state index contributed by atoms with van der Waals surface area (Å²) in [6.07, 6.45) is 6.71. The highest BCUT2D eigenvalue weighted by Crippen LogP contribution is 2.37. The molecule has 1 aromatic heterocycles. The van der Waals surface area contributed by atoms with Gasteiger partial charge in [-0.2, -0.15) is 5.10 Å². The van der Waals surface area contributed by atoms with Crippen molar-refractivity contribution in [2.24, 2.45) is 17.6 Å². The second kappa shape index (κ2) is 5.24. The van der Waals surface area contributed by atoms with E-state index in [0.717, 1.165) is 13.0 Å². The maximum atomic E-state index is 12.3. The Balaban J connectivity index is 1.61. The molecule has 1 saturated heterocycles. The molecule has 2 aliphatic rings. The van der Waals surface area contributed by atoms with Crippen LogP contribution in [0.4, 0.5) is 5.69 Å². The van der Waals surface area contributed by atoms with Gasteiger partial charge < -0.3 is 16.4 Å². The standard InChI is InChI=1S/C13H19N5O2/c14-11(19)7-18-6-9(5-16-18)17-13(20)12-10-3-1-2-8(10)4-15-12/h5-6,8,10,12,15H,1-4,7H2,(H2,14,19)(H,17,20). The number of carbonyl (C=O) groups is 2. The lowest BCUT2D eigenvalue weighted by Gasteiger charge is -2.16. The van der Waals surface area contributed by atoms with Crippen LogP contribution in [0.25, 0.3) is 0 Å². The average molecular weight is 277 g/mol. The zero-order valence-electron chi connectivity index (χ0n) is 11.2. The maximum Gasteiger partial charge on any atom is 0.241 e. The van der Waals surface area contributed by atoms with Gasteiger partial charge in [-0.1, -0.05) is 6.42 Å². The molecule has 1 aliphatic carbocycles. The molecule has 3 rings (SSSR count). The van der Waals surface area contributed by atoms with E-state index in [-0.39, 0.29) is 18.5 Å². The lowest BCUT2D eigenvalue weighted by atomic mass is 9.93. The van der Waals surface area contributed by atoms with Crippen molar-refractivity contribution in [3.63, 3.8) is 0 Å². The number of carbonyl (C=O) groups excluding carboxylic acids is 2. The van der Waals surface area contributed by atoms with E-state index in [1.165, 1.54) is 23.7 Å². The normalized spacial score (nSPS) is 28.3. The summed E-state index contributed by atoms with van der Waals surface area (Å²) in [4.78, 5) is 23.1. The van der Waals surface area contributed by atoms with Crippen LogP contribution in [-0.2, 0) is 16.1 Å². The quantitative estimate of drug-likeness (QED) is 0.703. The Morgan fingerprint density at radius 3 is 3.15 bits per heavy atom. The molecule has 108 valence electrons. The zero-order valence-corrected chi connectivity index (χ0v) is 11.2. The summed E-state index contributed by atoms with van der Waals surface area (Å²) in [6.45, 7) is 0.950. The Morgan fingerprint density at radius 1 is 1.50 bits per heavy atom. The third kappa shape index (κ3) is 2.53. The molecular weight excluding hydrogens is 258 g/mol. The van der Waals surface area contributed by atoms with Crippen molar-refractivity contribution < 1.29 is 9.59 Å². The smallest absolute Gasteiger partial charge is 0.241 e. The number of primary amides is 1. The largest absolute Gasteiger partial charge is 0.368 e. The summed E-state index contributed by atoms with van der Waals surface area (Å²) in [5.74, 6) is 0.620. The summed E-state index contributed by atoms with van der Waals surface area (Å²) in [6, 6.07) is -0.109. The molecule has 2 amide bonds. The van der Waals surface area contributed by atoms with Crippen LogP contribution in [0.3, 0.4) is 0 Å². The molecule has 2 fully saturated rings. The van der Waals surface area contributed by atoms with E-state index in [0.29, 0.717) is 17.5 Å². The number of aromatic nitrogens is 2. The van der Waals surface area contributed by atoms with Crippen molar-refractivity contribution in [1.82, 2.24) is 15.1 Å². The summed E-state index contributed by atoms with van der Waals surface area (Å²) < 4.78 is 1.42. The number of hydrogen-bond acceptors (Lipinski definition) is 4. The Hall–Kier alpha value is -1.89. The SMILES string of the molecule is NC(=O)Cn1cc(NC(=O)C2NCC3CCCC32)cn1. The topological polar surface area (TPSA) is 102 Å². The number of rotatable bonds is 4. The van der Waals surface area contributed by atoms with Gasteiger partial charge in [0.25, 0.3) is 0 Å². The van der Waals surface area contributed by atoms with Gasteiger partial charge in [-0.15, -0.1) is 0 Å². The minimum Gasteiger partial charge on any atom is -0.368 e. The first-order valence-electron chi connectivity index (χ1n) is 6.98. The number of anilines is 1. The van der Waals surface area contributed by atoms with Gasteiger partial charge in [0.05, 0.1) is 17.9 Å². The van der Waals surface area contributed by atoms with Gasteiger partial charge in [-0.05, 0) is 31.2 Å². The molecular formula is C13H19N5O2. The van der Waals surface area contributed by atoms with Gasteiger partial charge in [-0.3, -0.25) is 14.3 Å². The molecule has 0 aromatic carbocycles. The fourth-order valence-electron chi connectivity index (χ4n) is 3.37. The molecule has 0 radical (unpaired) electrons. The van der Waals surface area contributed by atoms with Gasteiger partial charge in [0.1, 0.15) is 6.54 Å². The lowest BCUT2D eigenvalue weighted by Crippen LogP contribution is -2.39. The Kier molecular flexibility index (Phi) is 3.43. The highest BCUT2D eigenvalue weighted by molar-refractivity contribution is 5.95. The number of fused-ring (bicyclic) bond motifs is 1. The predicted octanol–water partition coefficient (Wildman–Crippen LogP) is -0.305. The third-order valence-corrected chi connectivity index (χ3v) is 4.25. The predicted molar refractivity (Wildman–Crippen MR) is 72.7 cm³/mol. The Morgan fingerprint density at radius 2 is 2.35 bits per heavy atom. The first-order chi connectivity index (χ1) is 9.63. The van der Waals surface area contributed by atoms with Crippen LogP contribution >= 0.6 is 0 Å². The number of nitrogens with zero attached hydrogens (tertiary/aromatic N) is 2. The van der Waals surface area contributed by atoms with Crippen molar-refractivity contribution >= 4 is 17.5 Å². The van der Waals surface area contributed by atoms with Gasteiger partial charge >= 0.3 is 0 Å². The summed E-state index contributed by atoms with van der Waals surface area (Å²) in [5, 5.41) is 10.1. The van der Waals surface area contributed by atoms with Crippen LogP contribution in [0.15, 0.2) is 12.4 Å². The molecule has 3 unspecified atom stereocenters. The van der Waals surface area contributed by atoms with Gasteiger partial charge in [0.15, 0.2) is 0 Å². The Labute approximate surface area is 116 Å². The zero-order chi connectivity index (χ0) is 14.1. The fourth-order valence-corrected chi connectivity index (χ4v) is 3.37. The molecule has 2 heterocycles. The van der Waals surface area contributed by atoms with Gasteiger partial charge in [0, 0.05) is 6.20 Å². The van der Waals surface area contributed by atoms with Gasteiger partial charge in [0.2, 0.25) is 11.8 Å². The van der Waals surface area contributed by atoms with E-state index in [1.54, 1.807) is 6.20 Å². The molecule has 1 aromatic rings. The van der Waals surface area contributed by atoms with E-state index in [1.807, 2.05) is 0 Å². The highest BCUT2D eigenvalue weighted by Gasteiger charge is 2.42. The van der Waals surface area contributed by atoms with Crippen molar-refractivity contribution in [1.29, 1.82) is 0 Å². The maximum absolute atomic E-state index is 12.3. The molecule has 0 bridgehead atoms. The van der Waals surface area contributed by atoms with Gasteiger partial charge in [-0.25, -0.2) is 0 Å². The summed E-state index contributed by atoms with van der Waals surface area (Å²) in [5.41, 5.74) is 5.69. The Bertz CT molecular complexity index is 527. The molecule has 7 heteroatoms. The number of nitrogens with two attached hydrogens (primary N) is 1. The van der Waals surface area contributed by atoms with E-state index in [9.17, 15) is 9.59 Å². The van der Waals surface area contributed by atoms with Crippen molar-refractivity contribution in [2.45, 2.75) is 31.8 Å². The fraction of sp³-hybridized carbons (Fsp3) is 0.615. The van der Waals surface area contributed by atoms with Crippen molar-refractivity contribution in [3.8, 4) is 0 Å². The molecule has 7 nitrogen and oxygen atoms in total. The first kappa shape index (κ1) is 13.1. The number of hydrogen-bond donors (Lipinski definition) is 3. The number of amides is 2. The van der Waals surface area contributed by atoms with Crippen LogP contribution < -0.4 is 16.4 Å². The molecule has 0 spiro atoms. The van der Waals surface area contributed by atoms with Crippen LogP contribution in [0.1, 0.15) is 19.3 Å². The van der Waals surface area contributed by atoms with Crippen LogP contribution in [0.5, 0.6) is 0 Å². The molecule has 4 N–H and O–H groups in total. The van der Waals surface area contributed by atoms with E-state index < -0.39 is 5.91 Å². The summed E-state index contributed by atoms with van der Waals surface area (Å²) >= 11 is 0.